The van der Waals surface area contributed by atoms with Gasteiger partial charge in [0.15, 0.2) is 5.78 Å². The van der Waals surface area contributed by atoms with Crippen LogP contribution in [0.15, 0.2) is 78.2 Å². The molecular formula is C28H27N2NaO6S. The van der Waals surface area contributed by atoms with Crippen LogP contribution in [0.5, 0.6) is 11.5 Å². The van der Waals surface area contributed by atoms with Gasteiger partial charge in [0, 0.05) is 45.7 Å². The van der Waals surface area contributed by atoms with Crippen LogP contribution in [-0.4, -0.2) is 39.3 Å². The number of amides is 1. The summed E-state index contributed by atoms with van der Waals surface area (Å²) in [5.41, 5.74) is 3.33. The number of nitrogens with one attached hydrogen (secondary N) is 2. The van der Waals surface area contributed by atoms with Crippen LogP contribution in [0.25, 0.3) is 27.7 Å². The SMILES string of the molecule is C=C(C(=O)c1ccc(S(=O)(=O)NC(=O)CC)cc1)c1cc(-c2cc3ccccc3[nH]2)c(OC)cc1OC.[H-].[Na+]. The maximum absolute atomic E-state index is 13.3. The van der Waals surface area contributed by atoms with Crippen LogP contribution in [0.3, 0.4) is 0 Å². The number of benzene rings is 3. The Morgan fingerprint density at radius 1 is 0.974 bits per heavy atom. The summed E-state index contributed by atoms with van der Waals surface area (Å²) in [5.74, 6) is -0.0777. The largest absolute Gasteiger partial charge is 1.00 e. The van der Waals surface area contributed by atoms with Crippen molar-refractivity contribution in [2.75, 3.05) is 14.2 Å². The third kappa shape index (κ3) is 5.86. The Hall–Kier alpha value is -3.37. The zero-order chi connectivity index (χ0) is 26.7. The van der Waals surface area contributed by atoms with E-state index in [1.54, 1.807) is 26.2 Å². The van der Waals surface area contributed by atoms with E-state index in [-0.39, 0.29) is 53.4 Å². The smallest absolute Gasteiger partial charge is 1.00 e. The summed E-state index contributed by atoms with van der Waals surface area (Å²) in [5, 5.41) is 1.02. The standard InChI is InChI=1S/C28H26N2O6S.Na.H/c1-5-27(31)30-37(33,34)20-12-10-18(11-13-20)28(32)17(2)21-15-22(26(36-4)16-25(21)35-3)24-14-19-8-6-7-9-23(19)29-24;;/h6-16,29H,2,5H2,1,3-4H3,(H,30,31);;/q;+1;-1. The quantitative estimate of drug-likeness (QED) is 0.190. The fourth-order valence-corrected chi connectivity index (χ4v) is 4.98. The second-order valence-corrected chi connectivity index (χ2v) is 9.92. The number of ketones is 1. The Morgan fingerprint density at radius 2 is 1.63 bits per heavy atom. The van der Waals surface area contributed by atoms with Crippen LogP contribution in [0.4, 0.5) is 0 Å². The van der Waals surface area contributed by atoms with E-state index in [0.717, 1.165) is 22.2 Å². The topological polar surface area (TPSA) is 115 Å². The van der Waals surface area contributed by atoms with Crippen LogP contribution in [-0.2, 0) is 14.8 Å². The number of allylic oxidation sites excluding steroid dienone is 1. The number of Topliss-reactive ketones (excluding diaryl/α,β-unsaturated/α-hetero) is 1. The first-order chi connectivity index (χ1) is 17.7. The maximum atomic E-state index is 13.3. The molecule has 0 spiro atoms. The zero-order valence-corrected chi connectivity index (χ0v) is 24.4. The van der Waals surface area contributed by atoms with Gasteiger partial charge in [0.25, 0.3) is 10.0 Å². The van der Waals surface area contributed by atoms with E-state index in [1.807, 2.05) is 35.1 Å². The van der Waals surface area contributed by atoms with E-state index in [2.05, 4.69) is 11.6 Å². The third-order valence-corrected chi connectivity index (χ3v) is 7.33. The number of carbonyl (C=O) groups is 2. The predicted molar refractivity (Wildman–Crippen MR) is 143 cm³/mol. The fourth-order valence-electron chi connectivity index (χ4n) is 3.93. The van der Waals surface area contributed by atoms with Crippen LogP contribution in [0.2, 0.25) is 0 Å². The van der Waals surface area contributed by atoms with Crippen molar-refractivity contribution in [2.45, 2.75) is 18.2 Å². The molecule has 3 aromatic carbocycles. The van der Waals surface area contributed by atoms with Crippen molar-refractivity contribution in [1.82, 2.24) is 9.71 Å². The molecule has 0 saturated heterocycles. The number of aromatic amines is 1. The van der Waals surface area contributed by atoms with E-state index in [4.69, 9.17) is 9.47 Å². The zero-order valence-electron chi connectivity index (χ0n) is 22.6. The van der Waals surface area contributed by atoms with Gasteiger partial charge in [0.05, 0.1) is 24.8 Å². The minimum Gasteiger partial charge on any atom is -1.00 e. The van der Waals surface area contributed by atoms with E-state index < -0.39 is 21.7 Å². The maximum Gasteiger partial charge on any atom is 1.00 e. The molecular weight excluding hydrogens is 515 g/mol. The molecule has 192 valence electrons. The number of hydrogen-bond donors (Lipinski definition) is 2. The first-order valence-corrected chi connectivity index (χ1v) is 12.9. The molecule has 0 aliphatic heterocycles. The van der Waals surface area contributed by atoms with Crippen molar-refractivity contribution in [3.8, 4) is 22.8 Å². The van der Waals surface area contributed by atoms with Gasteiger partial charge in [-0.3, -0.25) is 9.59 Å². The summed E-state index contributed by atoms with van der Waals surface area (Å²) < 4.78 is 37.8. The van der Waals surface area contributed by atoms with Gasteiger partial charge in [0.2, 0.25) is 5.91 Å². The number of ether oxygens (including phenoxy) is 2. The summed E-state index contributed by atoms with van der Waals surface area (Å²) in [4.78, 5) is 28.1. The summed E-state index contributed by atoms with van der Waals surface area (Å²) >= 11 is 0. The van der Waals surface area contributed by atoms with Gasteiger partial charge < -0.3 is 15.9 Å². The number of sulfonamides is 1. The molecule has 0 atom stereocenters. The molecule has 2 N–H and O–H groups in total. The molecule has 0 fully saturated rings. The van der Waals surface area contributed by atoms with E-state index in [9.17, 15) is 18.0 Å². The number of methoxy groups -OCH3 is 2. The van der Waals surface area contributed by atoms with Gasteiger partial charge in [-0.2, -0.15) is 0 Å². The Labute approximate surface area is 244 Å². The molecule has 4 aromatic rings. The second-order valence-electron chi connectivity index (χ2n) is 8.24. The Kier molecular flexibility index (Phi) is 9.22. The average Bonchev–Trinajstić information content (AvgIpc) is 3.35. The molecule has 8 nitrogen and oxygen atoms in total. The number of carbonyl (C=O) groups excluding carboxylic acids is 2. The Balaban J connectivity index is 0.00000267. The minimum absolute atomic E-state index is 0. The van der Waals surface area contributed by atoms with Crippen LogP contribution in [0, 0.1) is 0 Å². The van der Waals surface area contributed by atoms with E-state index in [1.165, 1.54) is 31.4 Å². The van der Waals surface area contributed by atoms with Crippen molar-refractivity contribution in [3.63, 3.8) is 0 Å². The number of para-hydroxylation sites is 1. The van der Waals surface area contributed by atoms with Crippen molar-refractivity contribution >= 4 is 38.2 Å². The predicted octanol–water partition coefficient (Wildman–Crippen LogP) is 2.08. The number of H-pyrrole nitrogens is 1. The van der Waals surface area contributed by atoms with Crippen LogP contribution in [0.1, 0.15) is 30.7 Å². The molecule has 0 bridgehead atoms. The van der Waals surface area contributed by atoms with Crippen molar-refractivity contribution in [3.05, 3.63) is 84.4 Å². The van der Waals surface area contributed by atoms with Gasteiger partial charge >= 0.3 is 29.6 Å². The fraction of sp³-hybridized carbons (Fsp3) is 0.143. The molecule has 10 heteroatoms. The molecule has 1 aromatic heterocycles. The monoisotopic (exact) mass is 542 g/mol. The number of fused-ring (bicyclic) bond motifs is 1. The second kappa shape index (κ2) is 12.0. The molecule has 38 heavy (non-hydrogen) atoms. The summed E-state index contributed by atoms with van der Waals surface area (Å²) in [6.45, 7) is 5.56. The number of rotatable bonds is 9. The first-order valence-electron chi connectivity index (χ1n) is 11.4. The third-order valence-electron chi connectivity index (χ3n) is 5.94. The van der Waals surface area contributed by atoms with Crippen LogP contribution >= 0.6 is 0 Å². The Morgan fingerprint density at radius 3 is 2.24 bits per heavy atom. The normalized spacial score (nSPS) is 10.9. The van der Waals surface area contributed by atoms with Crippen molar-refractivity contribution < 1.29 is 58.5 Å². The molecule has 0 radical (unpaired) electrons. The summed E-state index contributed by atoms with van der Waals surface area (Å²) in [7, 11) is -0.979. The molecule has 0 aliphatic rings. The van der Waals surface area contributed by atoms with Crippen molar-refractivity contribution in [2.24, 2.45) is 0 Å². The van der Waals surface area contributed by atoms with Gasteiger partial charge in [-0.15, -0.1) is 0 Å². The first kappa shape index (κ1) is 29.2. The number of hydrogen-bond acceptors (Lipinski definition) is 6. The summed E-state index contributed by atoms with van der Waals surface area (Å²) in [6.07, 6.45) is 0.0276. The molecule has 1 heterocycles. The summed E-state index contributed by atoms with van der Waals surface area (Å²) in [6, 6.07) is 18.6. The average molecular weight is 543 g/mol. The van der Waals surface area contributed by atoms with Gasteiger partial charge in [-0.05, 0) is 42.5 Å². The molecule has 0 saturated carbocycles. The van der Waals surface area contributed by atoms with Gasteiger partial charge in [-0.1, -0.05) is 31.7 Å². The van der Waals surface area contributed by atoms with E-state index in [0.29, 0.717) is 17.1 Å². The Bertz CT molecular complexity index is 1600. The molecule has 0 aliphatic carbocycles. The van der Waals surface area contributed by atoms with E-state index >= 15 is 0 Å². The molecule has 1 amide bonds. The minimum atomic E-state index is -4.02. The van der Waals surface area contributed by atoms with Gasteiger partial charge in [-0.25, -0.2) is 13.1 Å². The van der Waals surface area contributed by atoms with Crippen LogP contribution < -0.4 is 43.8 Å². The van der Waals surface area contributed by atoms with Crippen molar-refractivity contribution in [1.29, 1.82) is 0 Å². The molecule has 4 rings (SSSR count). The van der Waals surface area contributed by atoms with Gasteiger partial charge in [0.1, 0.15) is 11.5 Å². The molecule has 0 unspecified atom stereocenters. The number of aromatic nitrogens is 1.